The molecule has 3 heterocycles. The third-order valence-corrected chi connectivity index (χ3v) is 6.99. The van der Waals surface area contributed by atoms with Crippen LogP contribution < -0.4 is 0 Å². The molecule has 0 spiro atoms. The number of likely N-dealkylation sites (tertiary alicyclic amines) is 1. The fourth-order valence-electron chi connectivity index (χ4n) is 4.90. The first-order valence-corrected chi connectivity index (χ1v) is 12.0. The van der Waals surface area contributed by atoms with Crippen molar-refractivity contribution in [2.24, 2.45) is 5.92 Å². The molecule has 0 bridgehead atoms. The third-order valence-electron chi connectivity index (χ3n) is 6.99. The van der Waals surface area contributed by atoms with Gasteiger partial charge in [-0.1, -0.05) is 6.07 Å². The predicted octanol–water partition coefficient (Wildman–Crippen LogP) is 3.65. The van der Waals surface area contributed by atoms with Gasteiger partial charge in [-0.15, -0.1) is 0 Å². The van der Waals surface area contributed by atoms with Gasteiger partial charge in [0.15, 0.2) is 0 Å². The van der Waals surface area contributed by atoms with E-state index in [-0.39, 0.29) is 11.3 Å². The maximum atomic E-state index is 13.1. The van der Waals surface area contributed by atoms with Crippen molar-refractivity contribution in [2.75, 3.05) is 45.9 Å². The van der Waals surface area contributed by atoms with Crippen molar-refractivity contribution in [1.29, 1.82) is 0 Å². The number of hydrogen-bond acceptors (Lipinski definition) is 5. The molecule has 0 aliphatic carbocycles. The van der Waals surface area contributed by atoms with Gasteiger partial charge in [0.05, 0.1) is 41.4 Å². The summed E-state index contributed by atoms with van der Waals surface area (Å²) in [6, 6.07) is 4.75. The lowest BCUT2D eigenvalue weighted by molar-refractivity contribution is -0.137. The van der Waals surface area contributed by atoms with Crippen LogP contribution in [0, 0.1) is 19.8 Å². The number of ether oxygens (including phenoxy) is 1. The Balaban J connectivity index is 1.40. The normalized spacial score (nSPS) is 18.1. The largest absolute Gasteiger partial charge is 0.416 e. The molecule has 2 saturated heterocycles. The molecule has 0 radical (unpaired) electrons. The van der Waals surface area contributed by atoms with Gasteiger partial charge < -0.3 is 9.64 Å². The second-order valence-electron chi connectivity index (χ2n) is 9.31. The zero-order valence-corrected chi connectivity index (χ0v) is 20.1. The summed E-state index contributed by atoms with van der Waals surface area (Å²) in [7, 11) is 0. The average Bonchev–Trinajstić information content (AvgIpc) is 3.16. The predicted molar refractivity (Wildman–Crippen MR) is 124 cm³/mol. The molecule has 35 heavy (non-hydrogen) atoms. The van der Waals surface area contributed by atoms with E-state index in [1.54, 1.807) is 18.7 Å². The number of carbonyl (C=O) groups excluding carboxylic acids is 2. The van der Waals surface area contributed by atoms with Crippen LogP contribution in [0.5, 0.6) is 0 Å². The number of nitrogens with zero attached hydrogens (tertiary/aromatic N) is 4. The molecule has 2 aromatic rings. The SMILES string of the molecule is Cc1nn(-c2cccc(C(F)(F)F)c2)c(C)c1C(=O)C(=O)N1CCC(CCN2CCOCC2)CC1. The first-order chi connectivity index (χ1) is 16.6. The quantitative estimate of drug-likeness (QED) is 0.455. The first-order valence-electron chi connectivity index (χ1n) is 12.0. The van der Waals surface area contributed by atoms with Gasteiger partial charge in [-0.2, -0.15) is 18.3 Å². The molecule has 7 nitrogen and oxygen atoms in total. The van der Waals surface area contributed by atoms with Crippen molar-refractivity contribution < 1.29 is 27.5 Å². The zero-order valence-electron chi connectivity index (χ0n) is 20.1. The van der Waals surface area contributed by atoms with Gasteiger partial charge >= 0.3 is 6.18 Å². The minimum Gasteiger partial charge on any atom is -0.379 e. The topological polar surface area (TPSA) is 67.7 Å². The van der Waals surface area contributed by atoms with Crippen LogP contribution in [0.4, 0.5) is 13.2 Å². The summed E-state index contributed by atoms with van der Waals surface area (Å²) in [5.41, 5.74) is 0.206. The van der Waals surface area contributed by atoms with Crippen molar-refractivity contribution in [3.8, 4) is 5.69 Å². The van der Waals surface area contributed by atoms with E-state index in [2.05, 4.69) is 10.00 Å². The number of piperidine rings is 1. The van der Waals surface area contributed by atoms with Crippen LogP contribution in [0.2, 0.25) is 0 Å². The molecule has 2 aliphatic rings. The van der Waals surface area contributed by atoms with Crippen molar-refractivity contribution in [3.63, 3.8) is 0 Å². The van der Waals surface area contributed by atoms with Crippen LogP contribution in [-0.4, -0.2) is 77.2 Å². The first kappa shape index (κ1) is 25.4. The molecule has 0 atom stereocenters. The van der Waals surface area contributed by atoms with E-state index in [4.69, 9.17) is 4.74 Å². The molecule has 1 amide bonds. The number of hydrogen-bond donors (Lipinski definition) is 0. The molecule has 10 heteroatoms. The molecule has 4 rings (SSSR count). The maximum absolute atomic E-state index is 13.1. The Kier molecular flexibility index (Phi) is 7.61. The number of carbonyl (C=O) groups is 2. The Bertz CT molecular complexity index is 1070. The van der Waals surface area contributed by atoms with Crippen LogP contribution in [0.1, 0.15) is 46.6 Å². The smallest absolute Gasteiger partial charge is 0.379 e. The van der Waals surface area contributed by atoms with E-state index < -0.39 is 23.4 Å². The fraction of sp³-hybridized carbons (Fsp3) is 0.560. The van der Waals surface area contributed by atoms with E-state index in [0.717, 1.165) is 64.2 Å². The van der Waals surface area contributed by atoms with Gasteiger partial charge in [-0.3, -0.25) is 14.5 Å². The van der Waals surface area contributed by atoms with Gasteiger partial charge in [-0.25, -0.2) is 4.68 Å². The minimum absolute atomic E-state index is 0.154. The Labute approximate surface area is 202 Å². The average molecular weight is 493 g/mol. The van der Waals surface area contributed by atoms with Crippen molar-refractivity contribution >= 4 is 11.7 Å². The number of rotatable bonds is 6. The molecule has 1 aromatic heterocycles. The van der Waals surface area contributed by atoms with Gasteiger partial charge in [0.2, 0.25) is 0 Å². The number of ketones is 1. The highest BCUT2D eigenvalue weighted by Gasteiger charge is 2.33. The highest BCUT2D eigenvalue weighted by molar-refractivity contribution is 6.43. The third kappa shape index (κ3) is 5.75. The van der Waals surface area contributed by atoms with Gasteiger partial charge in [0.1, 0.15) is 0 Å². The van der Waals surface area contributed by atoms with Gasteiger partial charge in [0.25, 0.3) is 11.7 Å². The summed E-state index contributed by atoms with van der Waals surface area (Å²) in [4.78, 5) is 30.1. The van der Waals surface area contributed by atoms with E-state index in [0.29, 0.717) is 30.4 Å². The number of amides is 1. The Morgan fingerprint density at radius 1 is 1.09 bits per heavy atom. The monoisotopic (exact) mass is 492 g/mol. The summed E-state index contributed by atoms with van der Waals surface area (Å²) in [6.07, 6.45) is -1.72. The number of aromatic nitrogens is 2. The van der Waals surface area contributed by atoms with E-state index >= 15 is 0 Å². The molecular weight excluding hydrogens is 461 g/mol. The highest BCUT2D eigenvalue weighted by Crippen LogP contribution is 2.31. The van der Waals surface area contributed by atoms with Crippen LogP contribution in [0.3, 0.4) is 0 Å². The Morgan fingerprint density at radius 3 is 2.43 bits per heavy atom. The molecule has 0 saturated carbocycles. The van der Waals surface area contributed by atoms with Gasteiger partial charge in [0, 0.05) is 26.2 Å². The summed E-state index contributed by atoms with van der Waals surface area (Å²) in [5, 5.41) is 4.28. The van der Waals surface area contributed by atoms with Crippen LogP contribution in [0.25, 0.3) is 5.69 Å². The van der Waals surface area contributed by atoms with Gasteiger partial charge in [-0.05, 0) is 63.8 Å². The van der Waals surface area contributed by atoms with Crippen LogP contribution in [0.15, 0.2) is 24.3 Å². The molecule has 2 aliphatic heterocycles. The minimum atomic E-state index is -4.49. The van der Waals surface area contributed by atoms with E-state index in [9.17, 15) is 22.8 Å². The molecule has 0 N–H and O–H groups in total. The van der Waals surface area contributed by atoms with Crippen molar-refractivity contribution in [3.05, 3.63) is 46.8 Å². The number of aryl methyl sites for hydroxylation is 1. The lowest BCUT2D eigenvalue weighted by atomic mass is 9.92. The number of Topliss-reactive ketones (excluding diaryl/α,β-unsaturated/α-hetero) is 1. The lowest BCUT2D eigenvalue weighted by Gasteiger charge is -2.33. The maximum Gasteiger partial charge on any atom is 0.416 e. The molecule has 1 aromatic carbocycles. The summed E-state index contributed by atoms with van der Waals surface area (Å²) in [6.45, 7) is 8.73. The highest BCUT2D eigenvalue weighted by atomic mass is 19.4. The zero-order chi connectivity index (χ0) is 25.2. The number of halogens is 3. The Hall–Kier alpha value is -2.72. The van der Waals surface area contributed by atoms with E-state index in [1.807, 2.05) is 0 Å². The Morgan fingerprint density at radius 2 is 1.77 bits per heavy atom. The number of alkyl halides is 3. The molecule has 2 fully saturated rings. The van der Waals surface area contributed by atoms with Crippen LogP contribution in [-0.2, 0) is 15.7 Å². The fourth-order valence-corrected chi connectivity index (χ4v) is 4.90. The van der Waals surface area contributed by atoms with Crippen molar-refractivity contribution in [1.82, 2.24) is 19.6 Å². The summed E-state index contributed by atoms with van der Waals surface area (Å²) in [5.74, 6) is -0.722. The summed E-state index contributed by atoms with van der Waals surface area (Å²) < 4.78 is 46.1. The van der Waals surface area contributed by atoms with Crippen LogP contribution >= 0.6 is 0 Å². The second kappa shape index (κ2) is 10.5. The second-order valence-corrected chi connectivity index (χ2v) is 9.31. The van der Waals surface area contributed by atoms with Crippen molar-refractivity contribution in [2.45, 2.75) is 39.3 Å². The molecular formula is C25H31F3N4O3. The molecule has 0 unspecified atom stereocenters. The van der Waals surface area contributed by atoms with E-state index in [1.165, 1.54) is 16.8 Å². The lowest BCUT2D eigenvalue weighted by Crippen LogP contribution is -2.43. The number of benzene rings is 1. The standard InChI is InChI=1S/C25H31F3N4O3/c1-17-22(18(2)32(29-17)21-5-3-4-20(16-21)25(26,27)28)23(33)24(34)31-10-7-19(8-11-31)6-9-30-12-14-35-15-13-30/h3-5,16,19H,6-15H2,1-2H3. The number of morpholine rings is 1. The summed E-state index contributed by atoms with van der Waals surface area (Å²) >= 11 is 0. The molecule has 190 valence electrons.